The van der Waals surface area contributed by atoms with Crippen LogP contribution in [0.4, 0.5) is 0 Å². The largest absolute Gasteiger partial charge is 0.391 e. The minimum absolute atomic E-state index is 0.118. The lowest BCUT2D eigenvalue weighted by Gasteiger charge is -2.48. The third-order valence-corrected chi connectivity index (χ3v) is 3.37. The SMILES string of the molecule is CC(C)(C)C1(C)NCCCC1O. The highest BCUT2D eigenvalue weighted by Gasteiger charge is 2.44. The molecule has 1 fully saturated rings. The van der Waals surface area contributed by atoms with Crippen LogP contribution in [-0.4, -0.2) is 23.3 Å². The number of piperidine rings is 1. The van der Waals surface area contributed by atoms with E-state index in [1.54, 1.807) is 0 Å². The maximum Gasteiger partial charge on any atom is 0.0724 e. The van der Waals surface area contributed by atoms with Gasteiger partial charge in [0, 0.05) is 5.54 Å². The molecule has 2 nitrogen and oxygen atoms in total. The van der Waals surface area contributed by atoms with E-state index in [2.05, 4.69) is 33.0 Å². The Hall–Kier alpha value is -0.0800. The second kappa shape index (κ2) is 3.00. The lowest BCUT2D eigenvalue weighted by molar-refractivity contribution is -0.0228. The summed E-state index contributed by atoms with van der Waals surface area (Å²) in [6.07, 6.45) is 1.82. The fourth-order valence-electron chi connectivity index (χ4n) is 1.81. The van der Waals surface area contributed by atoms with Crippen LogP contribution in [-0.2, 0) is 0 Å². The van der Waals surface area contributed by atoms with Crippen LogP contribution in [0.2, 0.25) is 0 Å². The Morgan fingerprint density at radius 1 is 1.42 bits per heavy atom. The molecule has 0 bridgehead atoms. The molecule has 0 aliphatic carbocycles. The van der Waals surface area contributed by atoms with E-state index in [-0.39, 0.29) is 17.1 Å². The molecular weight excluding hydrogens is 150 g/mol. The van der Waals surface area contributed by atoms with Crippen molar-refractivity contribution >= 4 is 0 Å². The van der Waals surface area contributed by atoms with Crippen molar-refractivity contribution < 1.29 is 5.11 Å². The molecule has 0 aromatic carbocycles. The van der Waals surface area contributed by atoms with Crippen molar-refractivity contribution in [3.63, 3.8) is 0 Å². The molecule has 1 aliphatic rings. The van der Waals surface area contributed by atoms with E-state index in [4.69, 9.17) is 0 Å². The standard InChI is InChI=1S/C10H21NO/c1-9(2,3)10(4)8(12)6-5-7-11-10/h8,11-12H,5-7H2,1-4H3. The van der Waals surface area contributed by atoms with E-state index in [0.29, 0.717) is 0 Å². The smallest absolute Gasteiger partial charge is 0.0724 e. The minimum Gasteiger partial charge on any atom is -0.391 e. The van der Waals surface area contributed by atoms with Crippen LogP contribution in [0.1, 0.15) is 40.5 Å². The molecule has 1 heterocycles. The van der Waals surface area contributed by atoms with Crippen LogP contribution in [0.15, 0.2) is 0 Å². The van der Waals surface area contributed by atoms with Crippen LogP contribution in [0.3, 0.4) is 0 Å². The lowest BCUT2D eigenvalue weighted by Crippen LogP contribution is -2.63. The number of rotatable bonds is 0. The van der Waals surface area contributed by atoms with E-state index >= 15 is 0 Å². The first-order valence-electron chi connectivity index (χ1n) is 4.81. The number of nitrogens with one attached hydrogen (secondary N) is 1. The van der Waals surface area contributed by atoms with E-state index in [9.17, 15) is 5.11 Å². The highest BCUT2D eigenvalue weighted by molar-refractivity contribution is 5.01. The average Bonchev–Trinajstić information content (AvgIpc) is 1.93. The zero-order valence-electron chi connectivity index (χ0n) is 8.65. The maximum absolute atomic E-state index is 9.90. The van der Waals surface area contributed by atoms with Crippen LogP contribution >= 0.6 is 0 Å². The molecule has 0 radical (unpaired) electrons. The van der Waals surface area contributed by atoms with Crippen LogP contribution in [0, 0.1) is 5.41 Å². The monoisotopic (exact) mass is 171 g/mol. The van der Waals surface area contributed by atoms with Gasteiger partial charge in [0.25, 0.3) is 0 Å². The van der Waals surface area contributed by atoms with Gasteiger partial charge in [-0.05, 0) is 31.7 Å². The number of hydrogen-bond acceptors (Lipinski definition) is 2. The first kappa shape index (κ1) is 10.0. The number of aliphatic hydroxyl groups excluding tert-OH is 1. The fourth-order valence-corrected chi connectivity index (χ4v) is 1.81. The third kappa shape index (κ3) is 1.50. The van der Waals surface area contributed by atoms with E-state index < -0.39 is 0 Å². The molecule has 0 aromatic rings. The van der Waals surface area contributed by atoms with Crippen LogP contribution < -0.4 is 5.32 Å². The molecule has 12 heavy (non-hydrogen) atoms. The normalized spacial score (nSPS) is 38.2. The van der Waals surface area contributed by atoms with Gasteiger partial charge in [-0.1, -0.05) is 20.8 Å². The van der Waals surface area contributed by atoms with E-state index in [1.165, 1.54) is 0 Å². The van der Waals surface area contributed by atoms with Crippen LogP contribution in [0.5, 0.6) is 0 Å². The molecule has 0 spiro atoms. The molecule has 0 amide bonds. The minimum atomic E-state index is -0.203. The summed E-state index contributed by atoms with van der Waals surface area (Å²) in [6, 6.07) is 0. The second-order valence-corrected chi connectivity index (χ2v) is 5.04. The highest BCUT2D eigenvalue weighted by Crippen LogP contribution is 2.36. The van der Waals surface area contributed by atoms with Gasteiger partial charge in [-0.3, -0.25) is 0 Å². The van der Waals surface area contributed by atoms with Gasteiger partial charge in [0.05, 0.1) is 6.10 Å². The second-order valence-electron chi connectivity index (χ2n) is 5.04. The fraction of sp³-hybridized carbons (Fsp3) is 1.00. The predicted octanol–water partition coefficient (Wildman–Crippen LogP) is 1.54. The first-order chi connectivity index (χ1) is 5.38. The predicted molar refractivity (Wildman–Crippen MR) is 51.1 cm³/mol. The summed E-state index contributed by atoms with van der Waals surface area (Å²) in [6.45, 7) is 9.68. The molecule has 2 unspecified atom stereocenters. The summed E-state index contributed by atoms with van der Waals surface area (Å²) < 4.78 is 0. The summed E-state index contributed by atoms with van der Waals surface area (Å²) in [5.41, 5.74) is -0.00190. The van der Waals surface area contributed by atoms with Gasteiger partial charge in [-0.2, -0.15) is 0 Å². The summed E-state index contributed by atoms with van der Waals surface area (Å²) >= 11 is 0. The molecule has 0 saturated carbocycles. The molecule has 0 aromatic heterocycles. The summed E-state index contributed by atoms with van der Waals surface area (Å²) in [5.74, 6) is 0. The molecule has 1 saturated heterocycles. The van der Waals surface area contributed by atoms with Gasteiger partial charge >= 0.3 is 0 Å². The van der Waals surface area contributed by atoms with E-state index in [0.717, 1.165) is 19.4 Å². The average molecular weight is 171 g/mol. The number of hydrogen-bond donors (Lipinski definition) is 2. The molecule has 1 aliphatic heterocycles. The van der Waals surface area contributed by atoms with Crippen molar-refractivity contribution in [3.05, 3.63) is 0 Å². The van der Waals surface area contributed by atoms with Crippen LogP contribution in [0.25, 0.3) is 0 Å². The molecule has 2 N–H and O–H groups in total. The molecule has 2 atom stereocenters. The first-order valence-corrected chi connectivity index (χ1v) is 4.81. The summed E-state index contributed by atoms with van der Waals surface area (Å²) in [7, 11) is 0. The van der Waals surface area contributed by atoms with Gasteiger partial charge in [0.2, 0.25) is 0 Å². The van der Waals surface area contributed by atoms with Crippen molar-refractivity contribution in [2.75, 3.05) is 6.54 Å². The Balaban J connectivity index is 2.79. The third-order valence-electron chi connectivity index (χ3n) is 3.37. The van der Waals surface area contributed by atoms with Crippen molar-refractivity contribution in [1.82, 2.24) is 5.32 Å². The lowest BCUT2D eigenvalue weighted by atomic mass is 9.69. The molecule has 72 valence electrons. The van der Waals surface area contributed by atoms with Gasteiger partial charge in [0.15, 0.2) is 0 Å². The van der Waals surface area contributed by atoms with E-state index in [1.807, 2.05) is 0 Å². The highest BCUT2D eigenvalue weighted by atomic mass is 16.3. The Morgan fingerprint density at radius 3 is 2.33 bits per heavy atom. The molecule has 1 rings (SSSR count). The van der Waals surface area contributed by atoms with Gasteiger partial charge < -0.3 is 10.4 Å². The Labute approximate surface area is 75.4 Å². The van der Waals surface area contributed by atoms with Crippen molar-refractivity contribution in [2.24, 2.45) is 5.41 Å². The van der Waals surface area contributed by atoms with Crippen molar-refractivity contribution in [3.8, 4) is 0 Å². The molecular formula is C10H21NO. The zero-order valence-corrected chi connectivity index (χ0v) is 8.65. The maximum atomic E-state index is 9.90. The Bertz CT molecular complexity index is 162. The van der Waals surface area contributed by atoms with Crippen molar-refractivity contribution in [2.45, 2.75) is 52.2 Å². The van der Waals surface area contributed by atoms with Crippen molar-refractivity contribution in [1.29, 1.82) is 0 Å². The zero-order chi connectivity index (χ0) is 9.41. The number of aliphatic hydroxyl groups is 1. The van der Waals surface area contributed by atoms with Gasteiger partial charge in [-0.25, -0.2) is 0 Å². The molecule has 2 heteroatoms. The topological polar surface area (TPSA) is 32.3 Å². The van der Waals surface area contributed by atoms with Gasteiger partial charge in [0.1, 0.15) is 0 Å². The quantitative estimate of drug-likeness (QED) is 0.579. The summed E-state index contributed by atoms with van der Waals surface area (Å²) in [5, 5.41) is 13.3. The Kier molecular flexibility index (Phi) is 2.50. The summed E-state index contributed by atoms with van der Waals surface area (Å²) in [4.78, 5) is 0. The van der Waals surface area contributed by atoms with Gasteiger partial charge in [-0.15, -0.1) is 0 Å². The Morgan fingerprint density at radius 2 is 2.00 bits per heavy atom.